The van der Waals surface area contributed by atoms with Crippen LogP contribution in [0.4, 0.5) is 0 Å². The third-order valence-corrected chi connectivity index (χ3v) is 0.891. The van der Waals surface area contributed by atoms with Crippen molar-refractivity contribution in [1.29, 1.82) is 0 Å². The van der Waals surface area contributed by atoms with Gasteiger partial charge in [-0.2, -0.15) is 6.42 Å². The molecule has 1 N–H and O–H groups in total. The Labute approximate surface area is 113 Å². The van der Waals surface area contributed by atoms with Gasteiger partial charge in [0, 0.05) is 6.42 Å². The molecule has 0 spiro atoms. The van der Waals surface area contributed by atoms with Crippen molar-refractivity contribution in [3.8, 4) is 0 Å². The predicted octanol–water partition coefficient (Wildman–Crippen LogP) is -0.630. The minimum Gasteiger partial charge on any atom is -0.481 e. The molecule has 0 atom stereocenters. The fourth-order valence-electron chi connectivity index (χ4n) is 0.453. The molecular weight excluding hydrogens is 167 g/mol. The minimum absolute atomic E-state index is 0. The predicted molar refractivity (Wildman–Crippen MR) is 44.3 cm³/mol. The Balaban J connectivity index is -0.0000000817. The summed E-state index contributed by atoms with van der Waals surface area (Å²) in [5.74, 6) is -0.710. The smallest absolute Gasteiger partial charge is 0.481 e. The molecule has 0 saturated carbocycles. The van der Waals surface area contributed by atoms with Gasteiger partial charge in [0.2, 0.25) is 0 Å². The average molecular weight is 184 g/mol. The quantitative estimate of drug-likeness (QED) is 0.359. The van der Waals surface area contributed by atoms with E-state index in [1.807, 2.05) is 0 Å². The fraction of sp³-hybridized carbons (Fsp3) is 0.500. The van der Waals surface area contributed by atoms with E-state index in [2.05, 4.69) is 6.92 Å². The monoisotopic (exact) mass is 184 g/mol. The van der Waals surface area contributed by atoms with E-state index in [1.54, 1.807) is 0 Å². The summed E-state index contributed by atoms with van der Waals surface area (Å²) in [7, 11) is 0. The van der Waals surface area contributed by atoms with Crippen LogP contribution < -0.4 is 51.4 Å². The molecule has 0 unspecified atom stereocenters. The van der Waals surface area contributed by atoms with Crippen molar-refractivity contribution < 1.29 is 61.3 Å². The number of carboxylic acid groups (broad SMARTS) is 1. The zero-order valence-electron chi connectivity index (χ0n) is 7.89. The number of carbonyl (C=O) groups is 1. The van der Waals surface area contributed by atoms with E-state index in [9.17, 15) is 4.79 Å². The molecule has 0 aromatic heterocycles. The summed E-state index contributed by atoms with van der Waals surface area (Å²) in [5.41, 5.74) is 0. The molecule has 0 bridgehead atoms. The van der Waals surface area contributed by atoms with Crippen LogP contribution in [-0.2, 0) is 4.79 Å². The molecule has 0 saturated heterocycles. The molecule has 0 rings (SSSR count). The molecule has 0 heterocycles. The minimum atomic E-state index is -0.710. The molecule has 64 valence electrons. The second-order valence-corrected chi connectivity index (χ2v) is 1.70. The van der Waals surface area contributed by atoms with Crippen molar-refractivity contribution in [1.82, 2.24) is 0 Å². The van der Waals surface area contributed by atoms with Gasteiger partial charge >= 0.3 is 57.4 Å². The van der Waals surface area contributed by atoms with Crippen LogP contribution in [0.15, 0.2) is 0 Å². The Morgan fingerprint density at radius 1 is 1.27 bits per heavy atom. The Hall–Kier alpha value is 1.11. The number of rotatable bonds is 4. The summed E-state index contributed by atoms with van der Waals surface area (Å²) >= 11 is 0. The number of hydrogen-bond donors (Lipinski definition) is 1. The SMILES string of the molecule is [CH2-]CCCCC(=O)O.[CH3-].[CH3-].[K+]. The maximum absolute atomic E-state index is 9.85. The van der Waals surface area contributed by atoms with Gasteiger partial charge in [-0.05, 0) is 6.42 Å². The second kappa shape index (κ2) is 17.3. The third kappa shape index (κ3) is 24.7. The molecule has 0 aromatic carbocycles. The second-order valence-electron chi connectivity index (χ2n) is 1.70. The van der Waals surface area contributed by atoms with E-state index < -0.39 is 5.97 Å². The molecule has 0 aliphatic rings. The maximum Gasteiger partial charge on any atom is 1.00 e. The zero-order chi connectivity index (χ0) is 6.41. The summed E-state index contributed by atoms with van der Waals surface area (Å²) in [5, 5.41) is 8.12. The Kier molecular flexibility index (Phi) is 35.7. The van der Waals surface area contributed by atoms with Crippen LogP contribution in [0.2, 0.25) is 0 Å². The van der Waals surface area contributed by atoms with E-state index in [1.165, 1.54) is 0 Å². The third-order valence-electron chi connectivity index (χ3n) is 0.891. The van der Waals surface area contributed by atoms with Gasteiger partial charge < -0.3 is 26.9 Å². The van der Waals surface area contributed by atoms with E-state index in [0.29, 0.717) is 0 Å². The van der Waals surface area contributed by atoms with Gasteiger partial charge in [-0.25, -0.2) is 0 Å². The Morgan fingerprint density at radius 2 is 1.73 bits per heavy atom. The summed E-state index contributed by atoms with van der Waals surface area (Å²) < 4.78 is 0. The van der Waals surface area contributed by atoms with Crippen LogP contribution in [0.1, 0.15) is 25.7 Å². The van der Waals surface area contributed by atoms with Crippen LogP contribution in [-0.4, -0.2) is 11.1 Å². The van der Waals surface area contributed by atoms with Crippen LogP contribution in [0, 0.1) is 21.8 Å². The van der Waals surface area contributed by atoms with Crippen molar-refractivity contribution >= 4 is 5.97 Å². The topological polar surface area (TPSA) is 37.3 Å². The van der Waals surface area contributed by atoms with Gasteiger partial charge in [0.05, 0.1) is 0 Å². The molecular formula is C8H17KO2-2. The molecule has 0 fully saturated rings. The summed E-state index contributed by atoms with van der Waals surface area (Å²) in [4.78, 5) is 9.85. The first-order valence-electron chi connectivity index (χ1n) is 2.78. The van der Waals surface area contributed by atoms with Crippen molar-refractivity contribution in [2.45, 2.75) is 25.7 Å². The first-order chi connectivity index (χ1) is 3.77. The summed E-state index contributed by atoms with van der Waals surface area (Å²) in [6.07, 6.45) is 2.81. The molecule has 11 heavy (non-hydrogen) atoms. The first-order valence-corrected chi connectivity index (χ1v) is 2.78. The number of unbranched alkanes of at least 4 members (excludes halogenated alkanes) is 2. The molecule has 3 heteroatoms. The number of hydrogen-bond acceptors (Lipinski definition) is 1. The number of carboxylic acids is 1. The van der Waals surface area contributed by atoms with Crippen molar-refractivity contribution in [3.63, 3.8) is 0 Å². The standard InChI is InChI=1S/C6H11O2.2CH3.K/c1-2-3-4-5-6(7)8;;;/h1-5H2,(H,7,8);2*1H3;/q3*-1;+1. The van der Waals surface area contributed by atoms with Crippen LogP contribution in [0.5, 0.6) is 0 Å². The van der Waals surface area contributed by atoms with Gasteiger partial charge in [0.25, 0.3) is 0 Å². The number of aliphatic carboxylic acids is 1. The van der Waals surface area contributed by atoms with Crippen molar-refractivity contribution in [2.24, 2.45) is 0 Å². The van der Waals surface area contributed by atoms with Crippen LogP contribution >= 0.6 is 0 Å². The fourth-order valence-corrected chi connectivity index (χ4v) is 0.453. The molecule has 0 radical (unpaired) electrons. The van der Waals surface area contributed by atoms with Crippen LogP contribution in [0.25, 0.3) is 0 Å². The van der Waals surface area contributed by atoms with Crippen LogP contribution in [0.3, 0.4) is 0 Å². The van der Waals surface area contributed by atoms with Gasteiger partial charge in [-0.1, -0.05) is 6.42 Å². The maximum atomic E-state index is 9.85. The van der Waals surface area contributed by atoms with E-state index in [0.717, 1.165) is 19.3 Å². The molecule has 0 aliphatic heterocycles. The van der Waals surface area contributed by atoms with E-state index >= 15 is 0 Å². The van der Waals surface area contributed by atoms with E-state index in [4.69, 9.17) is 5.11 Å². The first kappa shape index (κ1) is 22.7. The Bertz CT molecular complexity index is 74.5. The van der Waals surface area contributed by atoms with E-state index in [-0.39, 0.29) is 72.7 Å². The van der Waals surface area contributed by atoms with Gasteiger partial charge in [-0.15, -0.1) is 0 Å². The van der Waals surface area contributed by atoms with Crippen molar-refractivity contribution in [2.75, 3.05) is 0 Å². The average Bonchev–Trinajstić information content (AvgIpc) is 1.66. The molecule has 0 aromatic rings. The summed E-state index contributed by atoms with van der Waals surface area (Å²) in [6.45, 7) is 3.59. The summed E-state index contributed by atoms with van der Waals surface area (Å²) in [6, 6.07) is 0. The van der Waals surface area contributed by atoms with Gasteiger partial charge in [0.1, 0.15) is 0 Å². The molecule has 0 aliphatic carbocycles. The zero-order valence-corrected chi connectivity index (χ0v) is 11.0. The molecule has 0 amide bonds. The normalized spacial score (nSPS) is 6.64. The van der Waals surface area contributed by atoms with Crippen molar-refractivity contribution in [3.05, 3.63) is 21.8 Å². The molecule has 2 nitrogen and oxygen atoms in total. The van der Waals surface area contributed by atoms with Gasteiger partial charge in [0.15, 0.2) is 0 Å². The Morgan fingerprint density at radius 3 is 2.00 bits per heavy atom. The largest absolute Gasteiger partial charge is 1.00 e. The van der Waals surface area contributed by atoms with Gasteiger partial charge in [-0.3, -0.25) is 4.79 Å².